The smallest absolute Gasteiger partial charge is 0.258 e. The summed E-state index contributed by atoms with van der Waals surface area (Å²) in [5, 5.41) is 3.47. The van der Waals surface area contributed by atoms with Gasteiger partial charge >= 0.3 is 0 Å². The number of hydrogen-bond acceptors (Lipinski definition) is 3. The molecule has 3 rings (SSSR count). The van der Waals surface area contributed by atoms with Crippen LogP contribution in [0, 0.1) is 0 Å². The molecule has 0 spiro atoms. The minimum absolute atomic E-state index is 0.0354. The molecule has 0 aliphatic rings. The topological polar surface area (TPSA) is 55.6 Å². The van der Waals surface area contributed by atoms with Gasteiger partial charge in [-0.05, 0) is 29.2 Å². The van der Waals surface area contributed by atoms with Crippen LogP contribution in [0.25, 0.3) is 5.65 Å². The number of fused-ring (bicyclic) bond motifs is 1. The van der Waals surface area contributed by atoms with E-state index in [4.69, 9.17) is 16.3 Å². The van der Waals surface area contributed by atoms with E-state index < -0.39 is 0 Å². The molecule has 6 heteroatoms. The molecule has 5 nitrogen and oxygen atoms in total. The normalized spacial score (nSPS) is 11.5. The minimum atomic E-state index is -0.191. The molecule has 0 bridgehead atoms. The van der Waals surface area contributed by atoms with E-state index in [0.29, 0.717) is 11.6 Å². The van der Waals surface area contributed by atoms with Gasteiger partial charge < -0.3 is 14.5 Å². The standard InChI is InChI=1S/C20H22ClN3O2/c1-20(2,3)16-6-4-5-7-17(16)26-13-19(25)22-10-15-12-24-11-14(21)8-9-18(24)23-15/h4-9,11-12H,10,13H2,1-3H3,(H,22,25). The van der Waals surface area contributed by atoms with Crippen LogP contribution < -0.4 is 10.1 Å². The Labute approximate surface area is 158 Å². The Bertz CT molecular complexity index is 928. The Morgan fingerprint density at radius 2 is 1.96 bits per heavy atom. The van der Waals surface area contributed by atoms with Crippen molar-refractivity contribution in [2.75, 3.05) is 6.61 Å². The van der Waals surface area contributed by atoms with Gasteiger partial charge in [0.25, 0.3) is 5.91 Å². The van der Waals surface area contributed by atoms with Crippen molar-refractivity contribution in [1.29, 1.82) is 0 Å². The van der Waals surface area contributed by atoms with E-state index in [1.54, 1.807) is 12.3 Å². The molecule has 2 heterocycles. The van der Waals surface area contributed by atoms with Crippen molar-refractivity contribution in [2.45, 2.75) is 32.7 Å². The maximum absolute atomic E-state index is 12.1. The highest BCUT2D eigenvalue weighted by atomic mass is 35.5. The van der Waals surface area contributed by atoms with Gasteiger partial charge in [0, 0.05) is 12.4 Å². The van der Waals surface area contributed by atoms with Crippen molar-refractivity contribution in [3.63, 3.8) is 0 Å². The summed E-state index contributed by atoms with van der Waals surface area (Å²) in [7, 11) is 0. The fourth-order valence-corrected chi connectivity index (χ4v) is 2.87. The van der Waals surface area contributed by atoms with Crippen molar-refractivity contribution in [3.05, 3.63) is 65.1 Å². The number of para-hydroxylation sites is 1. The van der Waals surface area contributed by atoms with Crippen LogP contribution in [-0.2, 0) is 16.8 Å². The van der Waals surface area contributed by atoms with Crippen LogP contribution in [0.2, 0.25) is 5.02 Å². The van der Waals surface area contributed by atoms with Crippen LogP contribution in [0.1, 0.15) is 32.0 Å². The maximum Gasteiger partial charge on any atom is 0.258 e. The number of imidazole rings is 1. The average molecular weight is 372 g/mol. The van der Waals surface area contributed by atoms with E-state index in [1.807, 2.05) is 40.9 Å². The molecule has 3 aromatic rings. The zero-order valence-electron chi connectivity index (χ0n) is 15.1. The molecule has 0 unspecified atom stereocenters. The fraction of sp³-hybridized carbons (Fsp3) is 0.300. The van der Waals surface area contributed by atoms with Crippen molar-refractivity contribution in [3.8, 4) is 5.75 Å². The Balaban J connectivity index is 1.58. The largest absolute Gasteiger partial charge is 0.483 e. The number of halogens is 1. The molecule has 1 amide bonds. The molecule has 0 saturated heterocycles. The van der Waals surface area contributed by atoms with E-state index in [-0.39, 0.29) is 17.9 Å². The van der Waals surface area contributed by atoms with Crippen LogP contribution in [0.3, 0.4) is 0 Å². The summed E-state index contributed by atoms with van der Waals surface area (Å²) in [6, 6.07) is 11.4. The highest BCUT2D eigenvalue weighted by Crippen LogP contribution is 2.30. The molecular formula is C20H22ClN3O2. The third-order valence-corrected chi connectivity index (χ3v) is 4.21. The van der Waals surface area contributed by atoms with E-state index in [1.165, 1.54) is 0 Å². The molecule has 0 atom stereocenters. The second kappa shape index (κ2) is 7.38. The molecule has 0 fully saturated rings. The molecule has 26 heavy (non-hydrogen) atoms. The summed E-state index contributed by atoms with van der Waals surface area (Å²) in [4.78, 5) is 16.6. The van der Waals surface area contributed by atoms with E-state index in [2.05, 4.69) is 31.1 Å². The molecule has 0 aliphatic heterocycles. The molecule has 1 N–H and O–H groups in total. The molecule has 1 aromatic carbocycles. The Kier molecular flexibility index (Phi) is 5.18. The number of carbonyl (C=O) groups is 1. The van der Waals surface area contributed by atoms with Gasteiger partial charge in [-0.25, -0.2) is 4.98 Å². The van der Waals surface area contributed by atoms with Gasteiger partial charge in [-0.1, -0.05) is 50.6 Å². The molecule has 2 aromatic heterocycles. The first-order valence-electron chi connectivity index (χ1n) is 8.45. The predicted octanol–water partition coefficient (Wildman–Crippen LogP) is 3.98. The van der Waals surface area contributed by atoms with Crippen molar-refractivity contribution < 1.29 is 9.53 Å². The maximum atomic E-state index is 12.1. The third-order valence-electron chi connectivity index (χ3n) is 3.99. The Morgan fingerprint density at radius 3 is 2.73 bits per heavy atom. The van der Waals surface area contributed by atoms with Gasteiger partial charge in [0.15, 0.2) is 6.61 Å². The first-order chi connectivity index (χ1) is 12.3. The number of pyridine rings is 1. The first-order valence-corrected chi connectivity index (χ1v) is 8.83. The number of ether oxygens (including phenoxy) is 1. The summed E-state index contributed by atoms with van der Waals surface area (Å²) in [6.45, 7) is 6.65. The number of hydrogen-bond donors (Lipinski definition) is 1. The van der Waals surface area contributed by atoms with Crippen LogP contribution >= 0.6 is 11.6 Å². The van der Waals surface area contributed by atoms with Crippen molar-refractivity contribution in [2.24, 2.45) is 0 Å². The van der Waals surface area contributed by atoms with E-state index >= 15 is 0 Å². The third kappa shape index (κ3) is 4.35. The number of benzene rings is 1. The monoisotopic (exact) mass is 371 g/mol. The second-order valence-corrected chi connectivity index (χ2v) is 7.59. The summed E-state index contributed by atoms with van der Waals surface area (Å²) in [5.74, 6) is 0.543. The van der Waals surface area contributed by atoms with Gasteiger partial charge in [-0.2, -0.15) is 0 Å². The minimum Gasteiger partial charge on any atom is -0.483 e. The van der Waals surface area contributed by atoms with Gasteiger partial charge in [0.05, 0.1) is 17.3 Å². The average Bonchev–Trinajstić information content (AvgIpc) is 2.99. The lowest BCUT2D eigenvalue weighted by Gasteiger charge is -2.22. The summed E-state index contributed by atoms with van der Waals surface area (Å²) < 4.78 is 7.57. The van der Waals surface area contributed by atoms with Crippen molar-refractivity contribution in [1.82, 2.24) is 14.7 Å². The van der Waals surface area contributed by atoms with Gasteiger partial charge in [0.2, 0.25) is 0 Å². The molecule has 0 saturated carbocycles. The molecular weight excluding hydrogens is 350 g/mol. The lowest BCUT2D eigenvalue weighted by molar-refractivity contribution is -0.123. The lowest BCUT2D eigenvalue weighted by atomic mass is 9.86. The highest BCUT2D eigenvalue weighted by Gasteiger charge is 2.18. The van der Waals surface area contributed by atoms with Crippen LogP contribution in [-0.4, -0.2) is 21.9 Å². The number of rotatable bonds is 5. The Hall–Kier alpha value is -2.53. The summed E-state index contributed by atoms with van der Waals surface area (Å²) >= 11 is 5.96. The Morgan fingerprint density at radius 1 is 1.19 bits per heavy atom. The van der Waals surface area contributed by atoms with E-state index in [9.17, 15) is 4.79 Å². The SMILES string of the molecule is CC(C)(C)c1ccccc1OCC(=O)NCc1cn2cc(Cl)ccc2n1. The summed E-state index contributed by atoms with van der Waals surface area (Å²) in [6.07, 6.45) is 3.62. The number of aromatic nitrogens is 2. The summed E-state index contributed by atoms with van der Waals surface area (Å²) in [5.41, 5.74) is 2.57. The van der Waals surface area contributed by atoms with E-state index in [0.717, 1.165) is 22.7 Å². The highest BCUT2D eigenvalue weighted by molar-refractivity contribution is 6.30. The number of nitrogens with one attached hydrogen (secondary N) is 1. The lowest BCUT2D eigenvalue weighted by Crippen LogP contribution is -2.29. The quantitative estimate of drug-likeness (QED) is 0.738. The first kappa shape index (κ1) is 18.3. The second-order valence-electron chi connectivity index (χ2n) is 7.16. The van der Waals surface area contributed by atoms with Gasteiger partial charge in [0.1, 0.15) is 11.4 Å². The van der Waals surface area contributed by atoms with Crippen LogP contribution in [0.5, 0.6) is 5.75 Å². The molecule has 0 radical (unpaired) electrons. The number of nitrogens with zero attached hydrogens (tertiary/aromatic N) is 2. The molecule has 136 valence electrons. The fourth-order valence-electron chi connectivity index (χ4n) is 2.70. The zero-order valence-corrected chi connectivity index (χ0v) is 15.9. The number of carbonyl (C=O) groups excluding carboxylic acids is 1. The van der Waals surface area contributed by atoms with Gasteiger partial charge in [-0.15, -0.1) is 0 Å². The van der Waals surface area contributed by atoms with Crippen LogP contribution in [0.15, 0.2) is 48.8 Å². The predicted molar refractivity (Wildman–Crippen MR) is 103 cm³/mol. The zero-order chi connectivity index (χ0) is 18.7. The van der Waals surface area contributed by atoms with Crippen LogP contribution in [0.4, 0.5) is 0 Å². The van der Waals surface area contributed by atoms with Gasteiger partial charge in [-0.3, -0.25) is 4.79 Å². The molecule has 0 aliphatic carbocycles. The van der Waals surface area contributed by atoms with Crippen molar-refractivity contribution >= 4 is 23.2 Å². The number of amides is 1.